The molecular formula is C21H33ClN4O8S. The van der Waals surface area contributed by atoms with Crippen molar-refractivity contribution in [2.45, 2.75) is 23.8 Å². The fourth-order valence-electron chi connectivity index (χ4n) is 2.79. The smallest absolute Gasteiger partial charge is 0.252 e. The maximum absolute atomic E-state index is 12.6. The van der Waals surface area contributed by atoms with Crippen molar-refractivity contribution in [2.75, 3.05) is 72.2 Å². The van der Waals surface area contributed by atoms with Crippen molar-refractivity contribution in [1.29, 1.82) is 0 Å². The minimum atomic E-state index is -3.81. The summed E-state index contributed by atoms with van der Waals surface area (Å²) in [5, 5.41) is 16.1. The molecule has 0 aliphatic rings. The Morgan fingerprint density at radius 3 is 2.46 bits per heavy atom. The predicted molar refractivity (Wildman–Crippen MR) is 129 cm³/mol. The van der Waals surface area contributed by atoms with Crippen LogP contribution in [0.5, 0.6) is 0 Å². The molecule has 12 nitrogen and oxygen atoms in total. The van der Waals surface area contributed by atoms with Crippen LogP contribution in [-0.2, 0) is 28.8 Å². The predicted octanol–water partition coefficient (Wildman–Crippen LogP) is 1.99. The number of halogens is 1. The first-order valence-corrected chi connectivity index (χ1v) is 13.1. The molecule has 0 aliphatic carbocycles. The molecule has 0 radical (unpaired) electrons. The third kappa shape index (κ3) is 13.6. The van der Waals surface area contributed by atoms with E-state index >= 15 is 0 Å². The van der Waals surface area contributed by atoms with Crippen molar-refractivity contribution < 1.29 is 37.3 Å². The number of benzene rings is 1. The van der Waals surface area contributed by atoms with E-state index in [0.717, 1.165) is 0 Å². The molecule has 14 heteroatoms. The zero-order valence-corrected chi connectivity index (χ0v) is 21.3. The number of nitrogens with zero attached hydrogens (tertiary/aromatic N) is 3. The van der Waals surface area contributed by atoms with E-state index in [4.69, 9.17) is 36.1 Å². The van der Waals surface area contributed by atoms with Crippen molar-refractivity contribution in [3.8, 4) is 0 Å². The molecule has 1 rings (SSSR count). The second kappa shape index (κ2) is 18.3. The fraction of sp³-hybridized carbons (Fsp3) is 0.667. The molecule has 0 aromatic heterocycles. The lowest BCUT2D eigenvalue weighted by molar-refractivity contribution is 0.0166. The lowest BCUT2D eigenvalue weighted by Crippen LogP contribution is -2.28. The topological polar surface area (TPSA) is 169 Å². The number of carbonyl (C=O) groups excluding carboxylic acids is 1. The minimum Gasteiger partial charge on any atom is -0.392 e. The second-order valence-corrected chi connectivity index (χ2v) is 9.70. The highest BCUT2D eigenvalue weighted by atomic mass is 35.5. The van der Waals surface area contributed by atoms with E-state index in [1.54, 1.807) is 0 Å². The number of hydrogen-bond donors (Lipinski definition) is 2. The van der Waals surface area contributed by atoms with Crippen LogP contribution in [0.25, 0.3) is 10.4 Å². The number of nitrogens with one attached hydrogen (secondary N) is 1. The van der Waals surface area contributed by atoms with Gasteiger partial charge in [-0.1, -0.05) is 16.7 Å². The SMILES string of the molecule is COCCCC(O)CS(=O)(=O)c1ccc(Cl)c(C(=O)NCCOCCOCCOCCN=[N+]=[N-])c1. The molecule has 0 saturated carbocycles. The van der Waals surface area contributed by atoms with Crippen molar-refractivity contribution in [1.82, 2.24) is 5.32 Å². The molecule has 1 amide bonds. The fourth-order valence-corrected chi connectivity index (χ4v) is 4.43. The molecule has 2 N–H and O–H groups in total. The lowest BCUT2D eigenvalue weighted by atomic mass is 10.2. The molecule has 0 aliphatic heterocycles. The number of sulfone groups is 1. The van der Waals surface area contributed by atoms with Crippen LogP contribution in [0.15, 0.2) is 28.2 Å². The number of methoxy groups -OCH3 is 1. The number of rotatable bonds is 20. The Morgan fingerprint density at radius 1 is 1.14 bits per heavy atom. The summed E-state index contributed by atoms with van der Waals surface area (Å²) in [5.74, 6) is -0.998. The van der Waals surface area contributed by atoms with E-state index in [-0.39, 0.29) is 41.6 Å². The van der Waals surface area contributed by atoms with Gasteiger partial charge in [0.15, 0.2) is 9.84 Å². The number of aliphatic hydroxyl groups is 1. The van der Waals surface area contributed by atoms with Gasteiger partial charge in [-0.15, -0.1) is 0 Å². The molecule has 1 aromatic rings. The summed E-state index contributed by atoms with van der Waals surface area (Å²) in [7, 11) is -2.28. The molecular weight excluding hydrogens is 504 g/mol. The maximum Gasteiger partial charge on any atom is 0.252 e. The first-order chi connectivity index (χ1) is 16.8. The standard InChI is InChI=1S/C21H33ClN4O8S/c1-31-8-2-3-17(27)16-35(29,30)18-4-5-20(22)19(15-18)21(28)24-6-9-32-11-13-34-14-12-33-10-7-25-26-23/h4-5,15,17,27H,2-3,6-14,16H2,1H3,(H,24,28). The molecule has 198 valence electrons. The molecule has 1 atom stereocenters. The van der Waals surface area contributed by atoms with Gasteiger partial charge >= 0.3 is 0 Å². The average molecular weight is 537 g/mol. The van der Waals surface area contributed by atoms with Gasteiger partial charge in [0.25, 0.3) is 5.91 Å². The summed E-state index contributed by atoms with van der Waals surface area (Å²) in [6.07, 6.45) is -0.225. The molecule has 35 heavy (non-hydrogen) atoms. The third-order valence-corrected chi connectivity index (χ3v) is 6.64. The Morgan fingerprint density at radius 2 is 1.80 bits per heavy atom. The zero-order chi connectivity index (χ0) is 25.9. The quantitative estimate of drug-likeness (QED) is 0.110. The van der Waals surface area contributed by atoms with Crippen LogP contribution in [0.1, 0.15) is 23.2 Å². The van der Waals surface area contributed by atoms with Gasteiger partial charge in [-0.2, -0.15) is 0 Å². The van der Waals surface area contributed by atoms with Crippen LogP contribution >= 0.6 is 11.6 Å². The van der Waals surface area contributed by atoms with Gasteiger partial charge in [0.2, 0.25) is 0 Å². The van der Waals surface area contributed by atoms with Crippen LogP contribution in [0, 0.1) is 0 Å². The highest BCUT2D eigenvalue weighted by Gasteiger charge is 2.22. The van der Waals surface area contributed by atoms with Gasteiger partial charge in [0.1, 0.15) is 0 Å². The molecule has 1 aromatic carbocycles. The Labute approximate surface area is 210 Å². The van der Waals surface area contributed by atoms with Gasteiger partial charge in [-0.25, -0.2) is 8.42 Å². The number of carbonyl (C=O) groups is 1. The second-order valence-electron chi connectivity index (χ2n) is 7.26. The van der Waals surface area contributed by atoms with E-state index < -0.39 is 27.6 Å². The average Bonchev–Trinajstić information content (AvgIpc) is 2.82. The van der Waals surface area contributed by atoms with Crippen LogP contribution in [0.3, 0.4) is 0 Å². The van der Waals surface area contributed by atoms with E-state index in [1.807, 2.05) is 0 Å². The van der Waals surface area contributed by atoms with Gasteiger partial charge in [-0.05, 0) is 36.6 Å². The van der Waals surface area contributed by atoms with Crippen LogP contribution in [0.4, 0.5) is 0 Å². The summed E-state index contributed by atoms with van der Waals surface area (Å²) in [6.45, 7) is 2.85. The molecule has 0 bridgehead atoms. The normalized spacial score (nSPS) is 12.2. The summed E-state index contributed by atoms with van der Waals surface area (Å²) < 4.78 is 46.0. The Balaban J connectivity index is 2.36. The number of amides is 1. The third-order valence-electron chi connectivity index (χ3n) is 4.51. The Kier molecular flexibility index (Phi) is 16.3. The van der Waals surface area contributed by atoms with Gasteiger partial charge in [0.05, 0.1) is 67.0 Å². The van der Waals surface area contributed by atoms with Gasteiger partial charge in [-0.3, -0.25) is 4.79 Å². The van der Waals surface area contributed by atoms with Crippen molar-refractivity contribution in [3.05, 3.63) is 39.2 Å². The highest BCUT2D eigenvalue weighted by molar-refractivity contribution is 7.91. The number of ether oxygens (including phenoxy) is 4. The summed E-state index contributed by atoms with van der Waals surface area (Å²) in [4.78, 5) is 15.0. The first kappa shape index (κ1) is 31.1. The van der Waals surface area contributed by atoms with E-state index in [0.29, 0.717) is 46.1 Å². The first-order valence-electron chi connectivity index (χ1n) is 11.0. The van der Waals surface area contributed by atoms with Crippen LogP contribution in [-0.4, -0.2) is 97.7 Å². The molecule has 1 unspecified atom stereocenters. The molecule has 0 saturated heterocycles. The van der Waals surface area contributed by atoms with Crippen LogP contribution < -0.4 is 5.32 Å². The molecule has 0 spiro atoms. The highest BCUT2D eigenvalue weighted by Crippen LogP contribution is 2.22. The van der Waals surface area contributed by atoms with Gasteiger partial charge in [0, 0.05) is 31.7 Å². The Hall–Kier alpha value is -1.96. The van der Waals surface area contributed by atoms with E-state index in [2.05, 4.69) is 15.3 Å². The monoisotopic (exact) mass is 536 g/mol. The lowest BCUT2D eigenvalue weighted by Gasteiger charge is -2.13. The maximum atomic E-state index is 12.6. The number of hydrogen-bond acceptors (Lipinski definition) is 9. The van der Waals surface area contributed by atoms with E-state index in [1.165, 1.54) is 25.3 Å². The zero-order valence-electron chi connectivity index (χ0n) is 19.7. The summed E-state index contributed by atoms with van der Waals surface area (Å²) in [6, 6.07) is 3.86. The summed E-state index contributed by atoms with van der Waals surface area (Å²) in [5.41, 5.74) is 8.14. The number of azide groups is 1. The van der Waals surface area contributed by atoms with Crippen molar-refractivity contribution in [3.63, 3.8) is 0 Å². The number of aliphatic hydroxyl groups excluding tert-OH is 1. The van der Waals surface area contributed by atoms with Crippen molar-refractivity contribution >= 4 is 27.3 Å². The largest absolute Gasteiger partial charge is 0.392 e. The van der Waals surface area contributed by atoms with E-state index in [9.17, 15) is 18.3 Å². The Bertz CT molecular complexity index is 913. The van der Waals surface area contributed by atoms with Crippen molar-refractivity contribution in [2.24, 2.45) is 5.11 Å². The van der Waals surface area contributed by atoms with Crippen LogP contribution in [0.2, 0.25) is 5.02 Å². The molecule has 0 heterocycles. The minimum absolute atomic E-state index is 0.0189. The van der Waals surface area contributed by atoms with Gasteiger partial charge < -0.3 is 29.4 Å². The molecule has 0 fully saturated rings. The summed E-state index contributed by atoms with van der Waals surface area (Å²) >= 11 is 6.09.